The summed E-state index contributed by atoms with van der Waals surface area (Å²) in [6.07, 6.45) is 1.99. The number of piperidine rings is 1. The smallest absolute Gasteiger partial charge is 0.238 e. The van der Waals surface area contributed by atoms with Gasteiger partial charge >= 0.3 is 0 Å². The summed E-state index contributed by atoms with van der Waals surface area (Å²) in [5, 5.41) is 12.7. The first-order chi connectivity index (χ1) is 9.99. The molecular weight excluding hydrogens is 313 g/mol. The van der Waals surface area contributed by atoms with Gasteiger partial charge in [0.15, 0.2) is 0 Å². The molecule has 1 heterocycles. The predicted octanol–water partition coefficient (Wildman–Crippen LogP) is 2.22. The Morgan fingerprint density at radius 2 is 2.24 bits per heavy atom. The van der Waals surface area contributed by atoms with E-state index < -0.39 is 0 Å². The second-order valence-electron chi connectivity index (χ2n) is 5.33. The number of hydrogen-bond donors (Lipinski definition) is 3. The van der Waals surface area contributed by atoms with Gasteiger partial charge in [-0.25, -0.2) is 0 Å². The van der Waals surface area contributed by atoms with Crippen molar-refractivity contribution in [1.82, 2.24) is 4.90 Å². The minimum atomic E-state index is -0.176. The lowest BCUT2D eigenvalue weighted by atomic mass is 9.99. The molecule has 5 nitrogen and oxygen atoms in total. The molecule has 1 saturated heterocycles. The van der Waals surface area contributed by atoms with Crippen molar-refractivity contribution in [2.24, 2.45) is 5.92 Å². The summed E-state index contributed by atoms with van der Waals surface area (Å²) in [5.41, 5.74) is 6.55. The first-order valence-corrected chi connectivity index (χ1v) is 7.62. The molecule has 2 rings (SSSR count). The Labute approximate surface area is 134 Å². The number of benzene rings is 1. The number of anilines is 2. The van der Waals surface area contributed by atoms with Gasteiger partial charge in [0, 0.05) is 18.2 Å². The molecule has 4 N–H and O–H groups in total. The Morgan fingerprint density at radius 3 is 2.90 bits per heavy atom. The van der Waals surface area contributed by atoms with Gasteiger partial charge in [-0.05, 0) is 37.4 Å². The molecule has 1 atom stereocenters. The Kier molecular flexibility index (Phi) is 5.70. The third-order valence-electron chi connectivity index (χ3n) is 3.58. The van der Waals surface area contributed by atoms with Crippen LogP contribution in [-0.4, -0.2) is 42.2 Å². The van der Waals surface area contributed by atoms with Crippen LogP contribution in [0.15, 0.2) is 12.1 Å². The summed E-state index contributed by atoms with van der Waals surface area (Å²) < 4.78 is 0. The Balaban J connectivity index is 1.96. The van der Waals surface area contributed by atoms with E-state index in [9.17, 15) is 9.90 Å². The summed E-state index contributed by atoms with van der Waals surface area (Å²) in [7, 11) is 0. The van der Waals surface area contributed by atoms with Crippen LogP contribution in [0, 0.1) is 5.92 Å². The zero-order valence-corrected chi connectivity index (χ0v) is 13.1. The van der Waals surface area contributed by atoms with Crippen molar-refractivity contribution in [1.29, 1.82) is 0 Å². The highest BCUT2D eigenvalue weighted by Crippen LogP contribution is 2.32. The largest absolute Gasteiger partial charge is 0.397 e. The number of carbonyl (C=O) groups excluding carboxylic acids is 1. The zero-order valence-electron chi connectivity index (χ0n) is 11.6. The van der Waals surface area contributed by atoms with Gasteiger partial charge in [0.1, 0.15) is 0 Å². The van der Waals surface area contributed by atoms with E-state index in [4.69, 9.17) is 28.9 Å². The fourth-order valence-electron chi connectivity index (χ4n) is 2.55. The first-order valence-electron chi connectivity index (χ1n) is 6.87. The number of nitrogen functional groups attached to an aromatic ring is 1. The van der Waals surface area contributed by atoms with Crippen LogP contribution in [0.4, 0.5) is 11.4 Å². The van der Waals surface area contributed by atoms with Crippen LogP contribution in [0.25, 0.3) is 0 Å². The van der Waals surface area contributed by atoms with E-state index in [0.717, 1.165) is 25.9 Å². The van der Waals surface area contributed by atoms with E-state index >= 15 is 0 Å². The van der Waals surface area contributed by atoms with E-state index in [2.05, 4.69) is 5.32 Å². The number of nitrogens with one attached hydrogen (secondary N) is 1. The average Bonchev–Trinajstić information content (AvgIpc) is 2.43. The summed E-state index contributed by atoms with van der Waals surface area (Å²) in [4.78, 5) is 14.1. The molecule has 1 aromatic carbocycles. The molecule has 21 heavy (non-hydrogen) atoms. The van der Waals surface area contributed by atoms with E-state index in [1.165, 1.54) is 6.07 Å². The Morgan fingerprint density at radius 1 is 1.48 bits per heavy atom. The number of aliphatic hydroxyl groups excluding tert-OH is 1. The zero-order chi connectivity index (χ0) is 15.4. The highest BCUT2D eigenvalue weighted by Gasteiger charge is 2.21. The van der Waals surface area contributed by atoms with E-state index in [1.807, 2.05) is 4.90 Å². The van der Waals surface area contributed by atoms with E-state index in [1.54, 1.807) is 6.07 Å². The lowest BCUT2D eigenvalue weighted by molar-refractivity contribution is -0.117. The summed E-state index contributed by atoms with van der Waals surface area (Å²) in [6, 6.07) is 3.09. The number of aliphatic hydroxyl groups is 1. The van der Waals surface area contributed by atoms with Crippen LogP contribution in [-0.2, 0) is 4.79 Å². The summed E-state index contributed by atoms with van der Waals surface area (Å²) >= 11 is 11.9. The number of nitrogens with two attached hydrogens (primary N) is 1. The minimum absolute atomic E-state index is 0.161. The third-order valence-corrected chi connectivity index (χ3v) is 4.09. The molecule has 7 heteroatoms. The molecule has 0 aliphatic carbocycles. The van der Waals surface area contributed by atoms with Gasteiger partial charge in [0.25, 0.3) is 0 Å². The average molecular weight is 332 g/mol. The van der Waals surface area contributed by atoms with Crippen LogP contribution >= 0.6 is 23.2 Å². The Bertz CT molecular complexity index is 502. The number of halogens is 2. The maximum atomic E-state index is 12.1. The van der Waals surface area contributed by atoms with Crippen LogP contribution in [0.2, 0.25) is 10.0 Å². The summed E-state index contributed by atoms with van der Waals surface area (Å²) in [5.74, 6) is 0.0697. The monoisotopic (exact) mass is 331 g/mol. The van der Waals surface area contributed by atoms with Gasteiger partial charge in [0.05, 0.1) is 22.9 Å². The molecular formula is C14H19Cl2N3O2. The standard InChI is InChI=1S/C14H19Cl2N3O2/c15-10-4-11(16)14(12(17)5-10)18-13(21)7-19-3-1-2-9(6-19)8-20/h4-5,9,20H,1-3,6-8,17H2,(H,18,21). The van der Waals surface area contributed by atoms with Gasteiger partial charge in [-0.15, -0.1) is 0 Å². The van der Waals surface area contributed by atoms with Crippen LogP contribution in [0.5, 0.6) is 0 Å². The lowest BCUT2D eigenvalue weighted by Gasteiger charge is -2.31. The highest BCUT2D eigenvalue weighted by atomic mass is 35.5. The van der Waals surface area contributed by atoms with Crippen molar-refractivity contribution in [3.8, 4) is 0 Å². The molecule has 1 aliphatic rings. The molecule has 1 aromatic rings. The quantitative estimate of drug-likeness (QED) is 0.739. The number of amides is 1. The van der Waals surface area contributed by atoms with Crippen molar-refractivity contribution in [3.05, 3.63) is 22.2 Å². The van der Waals surface area contributed by atoms with Crippen LogP contribution in [0.3, 0.4) is 0 Å². The number of nitrogens with zero attached hydrogens (tertiary/aromatic N) is 1. The molecule has 1 amide bonds. The second kappa shape index (κ2) is 7.31. The normalized spacial score (nSPS) is 19.5. The topological polar surface area (TPSA) is 78.6 Å². The minimum Gasteiger partial charge on any atom is -0.397 e. The van der Waals surface area contributed by atoms with Gasteiger partial charge in [-0.1, -0.05) is 23.2 Å². The van der Waals surface area contributed by atoms with Crippen LogP contribution in [0.1, 0.15) is 12.8 Å². The van der Waals surface area contributed by atoms with Gasteiger partial charge in [-0.3, -0.25) is 9.69 Å². The van der Waals surface area contributed by atoms with E-state index in [0.29, 0.717) is 21.4 Å². The molecule has 1 fully saturated rings. The Hall–Kier alpha value is -1.01. The predicted molar refractivity (Wildman–Crippen MR) is 85.8 cm³/mol. The first kappa shape index (κ1) is 16.4. The molecule has 1 aliphatic heterocycles. The summed E-state index contributed by atoms with van der Waals surface area (Å²) in [6.45, 7) is 2.00. The molecule has 0 radical (unpaired) electrons. The number of hydrogen-bond acceptors (Lipinski definition) is 4. The maximum Gasteiger partial charge on any atom is 0.238 e. The molecule has 1 unspecified atom stereocenters. The molecule has 0 spiro atoms. The molecule has 116 valence electrons. The second-order valence-corrected chi connectivity index (χ2v) is 6.17. The fourth-order valence-corrected chi connectivity index (χ4v) is 3.11. The lowest BCUT2D eigenvalue weighted by Crippen LogP contribution is -2.41. The fraction of sp³-hybridized carbons (Fsp3) is 0.500. The third kappa shape index (κ3) is 4.48. The molecule has 0 aromatic heterocycles. The molecule has 0 bridgehead atoms. The van der Waals surface area contributed by atoms with Gasteiger partial charge in [-0.2, -0.15) is 0 Å². The number of carbonyl (C=O) groups is 1. The van der Waals surface area contributed by atoms with Crippen molar-refractivity contribution >= 4 is 40.5 Å². The maximum absolute atomic E-state index is 12.1. The van der Waals surface area contributed by atoms with Crippen molar-refractivity contribution in [2.75, 3.05) is 37.3 Å². The highest BCUT2D eigenvalue weighted by molar-refractivity contribution is 6.37. The van der Waals surface area contributed by atoms with Gasteiger partial charge < -0.3 is 16.2 Å². The van der Waals surface area contributed by atoms with Crippen LogP contribution < -0.4 is 11.1 Å². The van der Waals surface area contributed by atoms with Gasteiger partial charge in [0.2, 0.25) is 5.91 Å². The number of rotatable bonds is 4. The van der Waals surface area contributed by atoms with Crippen molar-refractivity contribution in [3.63, 3.8) is 0 Å². The number of likely N-dealkylation sites (tertiary alicyclic amines) is 1. The van der Waals surface area contributed by atoms with E-state index in [-0.39, 0.29) is 25.0 Å². The van der Waals surface area contributed by atoms with Crippen molar-refractivity contribution < 1.29 is 9.90 Å². The molecule has 0 saturated carbocycles. The van der Waals surface area contributed by atoms with Crippen molar-refractivity contribution in [2.45, 2.75) is 12.8 Å². The SMILES string of the molecule is Nc1cc(Cl)cc(Cl)c1NC(=O)CN1CCCC(CO)C1.